The average Bonchev–Trinajstić information content (AvgIpc) is 3.64. The molecule has 1 unspecified atom stereocenters. The van der Waals surface area contributed by atoms with Crippen LogP contribution >= 0.6 is 0 Å². The van der Waals surface area contributed by atoms with E-state index < -0.39 is 5.41 Å². The Balaban J connectivity index is 1.31. The van der Waals surface area contributed by atoms with Gasteiger partial charge < -0.3 is 0 Å². The minimum absolute atomic E-state index is 0.113. The molecule has 0 saturated heterocycles. The van der Waals surface area contributed by atoms with Crippen LogP contribution in [0.1, 0.15) is 28.1 Å². The van der Waals surface area contributed by atoms with Crippen LogP contribution in [0.3, 0.4) is 0 Å². The van der Waals surface area contributed by atoms with E-state index in [1.54, 1.807) is 18.5 Å². The molecule has 0 aliphatic heterocycles. The number of nitrogens with zero attached hydrogens (tertiary/aromatic N) is 6. The van der Waals surface area contributed by atoms with Crippen LogP contribution in [-0.4, -0.2) is 37.0 Å². The van der Waals surface area contributed by atoms with Crippen LogP contribution in [0, 0.1) is 5.41 Å². The van der Waals surface area contributed by atoms with Crippen LogP contribution in [-0.2, 0) is 5.41 Å². The van der Waals surface area contributed by atoms with E-state index in [9.17, 15) is 0 Å². The van der Waals surface area contributed by atoms with Crippen molar-refractivity contribution < 1.29 is 0 Å². The van der Waals surface area contributed by atoms with Crippen molar-refractivity contribution in [2.45, 2.75) is 5.41 Å². The Morgan fingerprint density at radius 2 is 1.12 bits per heavy atom. The lowest BCUT2D eigenvalue weighted by Gasteiger charge is -2.31. The molecule has 0 amide bonds. The van der Waals surface area contributed by atoms with Gasteiger partial charge >= 0.3 is 0 Å². The molecule has 9 rings (SSSR count). The summed E-state index contributed by atoms with van der Waals surface area (Å²) in [5.41, 5.74) is 12.3. The van der Waals surface area contributed by atoms with Gasteiger partial charge in [-0.1, -0.05) is 116 Å². The first kappa shape index (κ1) is 28.5. The molecular formula is C42H27N7. The number of rotatable bonds is 5. The van der Waals surface area contributed by atoms with Gasteiger partial charge in [0.1, 0.15) is 0 Å². The normalized spacial score (nSPS) is 15.1. The second-order valence-electron chi connectivity index (χ2n) is 12.0. The van der Waals surface area contributed by atoms with Gasteiger partial charge in [-0.2, -0.15) is 0 Å². The van der Waals surface area contributed by atoms with Crippen LogP contribution in [0.5, 0.6) is 0 Å². The molecule has 7 nitrogen and oxygen atoms in total. The summed E-state index contributed by atoms with van der Waals surface area (Å²) in [7, 11) is 0. The summed E-state index contributed by atoms with van der Waals surface area (Å²) in [5, 5.41) is 8.61. The number of hydrogen-bond acceptors (Lipinski definition) is 6. The maximum atomic E-state index is 8.61. The molecule has 0 saturated carbocycles. The molecule has 2 heterocycles. The zero-order valence-electron chi connectivity index (χ0n) is 26.2. The fourth-order valence-electron chi connectivity index (χ4n) is 7.40. The van der Waals surface area contributed by atoms with E-state index >= 15 is 0 Å². The summed E-state index contributed by atoms with van der Waals surface area (Å²) in [5.74, 6) is 1.02. The van der Waals surface area contributed by atoms with Gasteiger partial charge in [0.15, 0.2) is 17.5 Å². The number of aromatic nitrogens is 5. The molecule has 0 fully saturated rings. The van der Waals surface area contributed by atoms with Crippen molar-refractivity contribution in [3.8, 4) is 56.4 Å². The SMILES string of the molecule is C=C/C=N\C(=N)c1nc(-c2ccc3c(c2)C2(c4ccccc4-c4ccc(-c5ccccc5)cc42)c2ccccc2-3)nc(-c2ncccn2)n1. The lowest BCUT2D eigenvalue weighted by molar-refractivity contribution is 0.794. The van der Waals surface area contributed by atoms with Gasteiger partial charge in [-0.05, 0) is 73.8 Å². The summed E-state index contributed by atoms with van der Waals surface area (Å²) in [4.78, 5) is 27.1. The van der Waals surface area contributed by atoms with E-state index in [0.29, 0.717) is 11.6 Å². The molecule has 7 aromatic rings. The maximum absolute atomic E-state index is 8.61. The summed E-state index contributed by atoms with van der Waals surface area (Å²) in [6, 6.07) is 43.0. The topological polar surface area (TPSA) is 101 Å². The number of aliphatic imine (C=N–C) groups is 1. The molecule has 2 aliphatic rings. The smallest absolute Gasteiger partial charge is 0.201 e. The van der Waals surface area contributed by atoms with Gasteiger partial charge in [0.05, 0.1) is 5.41 Å². The van der Waals surface area contributed by atoms with Gasteiger partial charge in [0, 0.05) is 24.2 Å². The van der Waals surface area contributed by atoms with Crippen molar-refractivity contribution in [3.63, 3.8) is 0 Å². The van der Waals surface area contributed by atoms with E-state index in [1.165, 1.54) is 56.8 Å². The average molecular weight is 630 g/mol. The molecular weight excluding hydrogens is 603 g/mol. The lowest BCUT2D eigenvalue weighted by Crippen LogP contribution is -2.26. The highest BCUT2D eigenvalue weighted by molar-refractivity contribution is 6.00. The summed E-state index contributed by atoms with van der Waals surface area (Å²) < 4.78 is 0. The molecule has 1 atom stereocenters. The predicted octanol–water partition coefficient (Wildman–Crippen LogP) is 8.59. The number of allylic oxidation sites excluding steroid dienone is 1. The third kappa shape index (κ3) is 4.33. The Morgan fingerprint density at radius 1 is 0.551 bits per heavy atom. The Morgan fingerprint density at radius 3 is 1.80 bits per heavy atom. The van der Waals surface area contributed by atoms with Crippen molar-refractivity contribution in [1.29, 1.82) is 5.41 Å². The number of nitrogens with one attached hydrogen (secondary N) is 1. The number of fused-ring (bicyclic) bond motifs is 10. The lowest BCUT2D eigenvalue weighted by atomic mass is 9.70. The highest BCUT2D eigenvalue weighted by Crippen LogP contribution is 2.63. The highest BCUT2D eigenvalue weighted by atomic mass is 15.1. The van der Waals surface area contributed by atoms with Gasteiger partial charge in [-0.15, -0.1) is 0 Å². The van der Waals surface area contributed by atoms with E-state index in [1.807, 2.05) is 12.1 Å². The zero-order chi connectivity index (χ0) is 33.0. The molecule has 230 valence electrons. The van der Waals surface area contributed by atoms with Gasteiger partial charge in [-0.3, -0.25) is 5.41 Å². The van der Waals surface area contributed by atoms with Crippen LogP contribution in [0.15, 0.2) is 151 Å². The van der Waals surface area contributed by atoms with Gasteiger partial charge in [-0.25, -0.2) is 29.9 Å². The minimum Gasteiger partial charge on any atom is -0.280 e. The number of hydrogen-bond donors (Lipinski definition) is 1. The molecule has 1 N–H and O–H groups in total. The predicted molar refractivity (Wildman–Crippen MR) is 194 cm³/mol. The fraction of sp³-hybridized carbons (Fsp3) is 0.0238. The van der Waals surface area contributed by atoms with Gasteiger partial charge in [0.25, 0.3) is 0 Å². The molecule has 5 aromatic carbocycles. The summed E-state index contributed by atoms with van der Waals surface area (Å²) >= 11 is 0. The van der Waals surface area contributed by atoms with Crippen molar-refractivity contribution in [2.24, 2.45) is 4.99 Å². The molecule has 0 bridgehead atoms. The third-order valence-electron chi connectivity index (χ3n) is 9.38. The van der Waals surface area contributed by atoms with E-state index in [0.717, 1.165) is 16.7 Å². The first-order chi connectivity index (χ1) is 24.2. The Labute approximate surface area is 283 Å². The first-order valence-corrected chi connectivity index (χ1v) is 16.0. The van der Waals surface area contributed by atoms with Crippen LogP contribution in [0.4, 0.5) is 0 Å². The van der Waals surface area contributed by atoms with Crippen LogP contribution < -0.4 is 0 Å². The molecule has 2 aliphatic carbocycles. The Bertz CT molecular complexity index is 2480. The molecule has 7 heteroatoms. The zero-order valence-corrected chi connectivity index (χ0v) is 26.2. The van der Waals surface area contributed by atoms with Gasteiger partial charge in [0.2, 0.25) is 11.6 Å². The second-order valence-corrected chi connectivity index (χ2v) is 12.0. The van der Waals surface area contributed by atoms with E-state index in [-0.39, 0.29) is 17.5 Å². The largest absolute Gasteiger partial charge is 0.280 e. The molecule has 0 radical (unpaired) electrons. The van der Waals surface area contributed by atoms with Crippen LogP contribution in [0.2, 0.25) is 0 Å². The molecule has 1 spiro atoms. The Hall–Kier alpha value is -6.73. The quantitative estimate of drug-likeness (QED) is 0.152. The second kappa shape index (κ2) is 11.2. The van der Waals surface area contributed by atoms with Crippen molar-refractivity contribution >= 4 is 12.1 Å². The third-order valence-corrected chi connectivity index (χ3v) is 9.38. The van der Waals surface area contributed by atoms with Crippen molar-refractivity contribution in [2.75, 3.05) is 0 Å². The summed E-state index contributed by atoms with van der Waals surface area (Å²) in [6.07, 6.45) is 6.24. The molecule has 49 heavy (non-hydrogen) atoms. The number of benzene rings is 5. The first-order valence-electron chi connectivity index (χ1n) is 16.0. The minimum atomic E-state index is -0.569. The van der Waals surface area contributed by atoms with E-state index in [2.05, 4.69) is 130 Å². The molecule has 2 aromatic heterocycles. The Kier molecular flexibility index (Phi) is 6.52. The van der Waals surface area contributed by atoms with Crippen molar-refractivity contribution in [1.82, 2.24) is 24.9 Å². The van der Waals surface area contributed by atoms with Crippen LogP contribution in [0.25, 0.3) is 56.4 Å². The summed E-state index contributed by atoms with van der Waals surface area (Å²) in [6.45, 7) is 3.68. The maximum Gasteiger partial charge on any atom is 0.201 e. The monoisotopic (exact) mass is 629 g/mol. The standard InChI is InChI=1S/C42H27N7/c1-2-21-44-37(43)39-47-38(48-41(49-39)40-45-22-10-23-46-40)28-18-20-32-30-14-7-9-16-34(30)42(36(32)25-28)33-15-8-6-13-29(33)31-19-17-27(24-35(31)42)26-11-4-3-5-12-26/h2-25,43H,1H2/b43-37?,44-21-. The fourth-order valence-corrected chi connectivity index (χ4v) is 7.40. The van der Waals surface area contributed by atoms with Crippen molar-refractivity contribution in [3.05, 3.63) is 174 Å². The van der Waals surface area contributed by atoms with E-state index in [4.69, 9.17) is 15.4 Å². The highest BCUT2D eigenvalue weighted by Gasteiger charge is 2.51. The number of amidine groups is 1.